The number of hydrogen-bond acceptors (Lipinski definition) is 3. The fraction of sp³-hybridized carbons (Fsp3) is 0.583. The van der Waals surface area contributed by atoms with Crippen LogP contribution < -0.4 is 5.32 Å². The van der Waals surface area contributed by atoms with Gasteiger partial charge in [0, 0.05) is 6.04 Å². The molecule has 2 nitrogen and oxygen atoms in total. The zero-order chi connectivity index (χ0) is 12.0. The Morgan fingerprint density at radius 2 is 2.38 bits per heavy atom. The normalized spacial score (nSPS) is 14.7. The van der Waals surface area contributed by atoms with Crippen LogP contribution in [0.4, 0.5) is 0 Å². The summed E-state index contributed by atoms with van der Waals surface area (Å²) in [5.74, 6) is 0. The van der Waals surface area contributed by atoms with Crippen molar-refractivity contribution in [3.05, 3.63) is 27.6 Å². The van der Waals surface area contributed by atoms with E-state index in [1.54, 1.807) is 11.3 Å². The Balaban J connectivity index is 2.33. The molecule has 0 saturated carbocycles. The maximum absolute atomic E-state index is 4.36. The lowest BCUT2D eigenvalue weighted by Gasteiger charge is -2.18. The molecule has 16 heavy (non-hydrogen) atoms. The van der Waals surface area contributed by atoms with E-state index in [0.29, 0.717) is 12.1 Å². The van der Waals surface area contributed by atoms with Gasteiger partial charge in [-0.3, -0.25) is 0 Å². The molecule has 0 radical (unpaired) electrons. The molecule has 0 spiro atoms. The van der Waals surface area contributed by atoms with Crippen LogP contribution in [0.1, 0.15) is 44.2 Å². The standard InChI is InChI=1S/C12H19BrN2S/c1-4-5-6-7-9(2)15-10(3)12-14-8-11(13)16-12/h4,8-10,15H,1,5-7H2,2-3H3. The SMILES string of the molecule is C=CCCCC(C)NC(C)c1ncc(Br)s1. The van der Waals surface area contributed by atoms with Crippen LogP contribution in [0.2, 0.25) is 0 Å². The molecule has 0 aliphatic heterocycles. The summed E-state index contributed by atoms with van der Waals surface area (Å²) in [4.78, 5) is 4.36. The Morgan fingerprint density at radius 1 is 1.62 bits per heavy atom. The topological polar surface area (TPSA) is 24.9 Å². The number of aromatic nitrogens is 1. The molecule has 0 bridgehead atoms. The first-order valence-corrected chi connectivity index (χ1v) is 7.22. The van der Waals surface area contributed by atoms with Crippen LogP contribution in [0.15, 0.2) is 22.6 Å². The van der Waals surface area contributed by atoms with Crippen molar-refractivity contribution < 1.29 is 0 Å². The fourth-order valence-corrected chi connectivity index (χ4v) is 2.87. The minimum atomic E-state index is 0.329. The molecule has 1 rings (SSSR count). The average molecular weight is 303 g/mol. The summed E-state index contributed by atoms with van der Waals surface area (Å²) in [6.45, 7) is 8.12. The van der Waals surface area contributed by atoms with Crippen LogP contribution in [0.5, 0.6) is 0 Å². The second-order valence-electron chi connectivity index (χ2n) is 4.01. The third-order valence-corrected chi connectivity index (χ3v) is 4.10. The number of nitrogens with one attached hydrogen (secondary N) is 1. The van der Waals surface area contributed by atoms with Gasteiger partial charge in [0.1, 0.15) is 5.01 Å². The molecule has 1 aromatic rings. The predicted octanol–water partition coefficient (Wildman–Crippen LogP) is 4.30. The van der Waals surface area contributed by atoms with Crippen LogP contribution in [0.3, 0.4) is 0 Å². The van der Waals surface area contributed by atoms with Gasteiger partial charge in [0.15, 0.2) is 0 Å². The zero-order valence-corrected chi connectivity index (χ0v) is 12.3. The molecule has 90 valence electrons. The van der Waals surface area contributed by atoms with Crippen LogP contribution in [0, 0.1) is 0 Å². The van der Waals surface area contributed by atoms with Gasteiger partial charge in [-0.15, -0.1) is 17.9 Å². The van der Waals surface area contributed by atoms with Gasteiger partial charge in [-0.05, 0) is 49.0 Å². The number of rotatable bonds is 7. The molecule has 2 unspecified atom stereocenters. The number of allylic oxidation sites excluding steroid dienone is 1. The zero-order valence-electron chi connectivity index (χ0n) is 9.87. The largest absolute Gasteiger partial charge is 0.306 e. The molecule has 0 amide bonds. The van der Waals surface area contributed by atoms with E-state index in [9.17, 15) is 0 Å². The van der Waals surface area contributed by atoms with Gasteiger partial charge in [-0.25, -0.2) is 4.98 Å². The maximum atomic E-state index is 4.36. The van der Waals surface area contributed by atoms with E-state index in [1.807, 2.05) is 12.3 Å². The number of thiazole rings is 1. The van der Waals surface area contributed by atoms with Crippen molar-refractivity contribution in [2.75, 3.05) is 0 Å². The van der Waals surface area contributed by atoms with Crippen molar-refractivity contribution in [3.8, 4) is 0 Å². The maximum Gasteiger partial charge on any atom is 0.110 e. The number of unbranched alkanes of at least 4 members (excludes halogenated alkanes) is 1. The van der Waals surface area contributed by atoms with Crippen LogP contribution in [-0.2, 0) is 0 Å². The fourth-order valence-electron chi connectivity index (χ4n) is 1.62. The molecule has 1 aromatic heterocycles. The van der Waals surface area contributed by atoms with Gasteiger partial charge in [0.25, 0.3) is 0 Å². The molecule has 0 aromatic carbocycles. The summed E-state index contributed by atoms with van der Waals surface area (Å²) in [6.07, 6.45) is 7.33. The molecule has 0 saturated heterocycles. The first-order valence-electron chi connectivity index (χ1n) is 5.61. The third-order valence-electron chi connectivity index (χ3n) is 2.45. The van der Waals surface area contributed by atoms with Crippen LogP contribution in [-0.4, -0.2) is 11.0 Å². The minimum Gasteiger partial charge on any atom is -0.306 e. The van der Waals surface area contributed by atoms with E-state index < -0.39 is 0 Å². The predicted molar refractivity (Wildman–Crippen MR) is 74.9 cm³/mol. The monoisotopic (exact) mass is 302 g/mol. The summed E-state index contributed by atoms with van der Waals surface area (Å²) < 4.78 is 1.09. The molecule has 0 fully saturated rings. The molecule has 1 heterocycles. The number of nitrogens with zero attached hydrogens (tertiary/aromatic N) is 1. The summed E-state index contributed by atoms with van der Waals surface area (Å²) in [7, 11) is 0. The molecular weight excluding hydrogens is 284 g/mol. The Bertz CT molecular complexity index is 325. The van der Waals surface area contributed by atoms with Crippen molar-refractivity contribution in [2.24, 2.45) is 0 Å². The Hall–Kier alpha value is -0.190. The van der Waals surface area contributed by atoms with E-state index in [1.165, 1.54) is 12.8 Å². The average Bonchev–Trinajstić information content (AvgIpc) is 2.65. The minimum absolute atomic E-state index is 0.329. The van der Waals surface area contributed by atoms with Gasteiger partial charge in [-0.1, -0.05) is 6.08 Å². The van der Waals surface area contributed by atoms with Crippen LogP contribution >= 0.6 is 27.3 Å². The first kappa shape index (κ1) is 13.9. The van der Waals surface area contributed by atoms with E-state index >= 15 is 0 Å². The highest BCUT2D eigenvalue weighted by Crippen LogP contribution is 2.24. The van der Waals surface area contributed by atoms with Crippen molar-refractivity contribution in [3.63, 3.8) is 0 Å². The molecule has 2 atom stereocenters. The van der Waals surface area contributed by atoms with E-state index in [4.69, 9.17) is 0 Å². The summed E-state index contributed by atoms with van der Waals surface area (Å²) in [6, 6.07) is 0.854. The van der Waals surface area contributed by atoms with E-state index in [2.05, 4.69) is 46.7 Å². The highest BCUT2D eigenvalue weighted by molar-refractivity contribution is 9.11. The first-order chi connectivity index (χ1) is 7.63. The van der Waals surface area contributed by atoms with Crippen LogP contribution in [0.25, 0.3) is 0 Å². The number of halogens is 1. The van der Waals surface area contributed by atoms with Gasteiger partial charge < -0.3 is 5.32 Å². The highest BCUT2D eigenvalue weighted by atomic mass is 79.9. The summed E-state index contributed by atoms with van der Waals surface area (Å²) >= 11 is 5.13. The molecular formula is C12H19BrN2S. The molecule has 0 aliphatic rings. The lowest BCUT2D eigenvalue weighted by Crippen LogP contribution is -2.28. The summed E-state index contributed by atoms with van der Waals surface area (Å²) in [5, 5.41) is 4.70. The van der Waals surface area contributed by atoms with E-state index in [-0.39, 0.29) is 0 Å². The quantitative estimate of drug-likeness (QED) is 0.600. The van der Waals surface area contributed by atoms with Gasteiger partial charge in [0.2, 0.25) is 0 Å². The molecule has 1 N–H and O–H groups in total. The second-order valence-corrected chi connectivity index (χ2v) is 6.45. The summed E-state index contributed by atoms with van der Waals surface area (Å²) in [5.41, 5.74) is 0. The smallest absolute Gasteiger partial charge is 0.110 e. The van der Waals surface area contributed by atoms with Gasteiger partial charge in [0.05, 0.1) is 16.0 Å². The lowest BCUT2D eigenvalue weighted by molar-refractivity contribution is 0.446. The van der Waals surface area contributed by atoms with Gasteiger partial charge >= 0.3 is 0 Å². The Labute approximate surface area is 110 Å². The van der Waals surface area contributed by atoms with E-state index in [0.717, 1.165) is 15.2 Å². The van der Waals surface area contributed by atoms with Crippen molar-refractivity contribution in [1.82, 2.24) is 10.3 Å². The van der Waals surface area contributed by atoms with Gasteiger partial charge in [-0.2, -0.15) is 0 Å². The molecule has 0 aliphatic carbocycles. The van der Waals surface area contributed by atoms with Crippen molar-refractivity contribution in [1.29, 1.82) is 0 Å². The third kappa shape index (κ3) is 4.76. The Kier molecular flexibility index (Phi) is 6.24. The number of hydrogen-bond donors (Lipinski definition) is 1. The second kappa shape index (κ2) is 7.20. The van der Waals surface area contributed by atoms with Crippen molar-refractivity contribution >= 4 is 27.3 Å². The van der Waals surface area contributed by atoms with Crippen molar-refractivity contribution in [2.45, 2.75) is 45.2 Å². The molecule has 4 heteroatoms. The lowest BCUT2D eigenvalue weighted by atomic mass is 10.1. The highest BCUT2D eigenvalue weighted by Gasteiger charge is 2.12. The Morgan fingerprint density at radius 3 is 2.94 bits per heavy atom.